The highest BCUT2D eigenvalue weighted by Crippen LogP contribution is 2.26. The molecule has 1 heterocycles. The topological polar surface area (TPSA) is 80.7 Å². The molecule has 0 radical (unpaired) electrons. The summed E-state index contributed by atoms with van der Waals surface area (Å²) in [5.41, 5.74) is 6.37. The fourth-order valence-electron chi connectivity index (χ4n) is 1.29. The highest BCUT2D eigenvalue weighted by Gasteiger charge is 2.14. The summed E-state index contributed by atoms with van der Waals surface area (Å²) in [5.74, 6) is 0.560. The molecule has 1 aromatic rings. The monoisotopic (exact) mass is 283 g/mol. The van der Waals surface area contributed by atoms with Gasteiger partial charge in [0.1, 0.15) is 10.9 Å². The summed E-state index contributed by atoms with van der Waals surface area (Å²) in [6.45, 7) is 3.57. The Hall–Kier alpha value is -1.59. The lowest BCUT2D eigenvalue weighted by molar-refractivity contribution is 0.223. The Morgan fingerprint density at radius 2 is 2.32 bits per heavy atom. The molecule has 0 fully saturated rings. The van der Waals surface area contributed by atoms with E-state index in [9.17, 15) is 0 Å². The maximum absolute atomic E-state index is 9.17. The van der Waals surface area contributed by atoms with Crippen LogP contribution in [0.2, 0.25) is 5.15 Å². The predicted molar refractivity (Wildman–Crippen MR) is 77.6 cm³/mol. The minimum atomic E-state index is -0.568. The first-order chi connectivity index (χ1) is 8.93. The zero-order valence-electron chi connectivity index (χ0n) is 11.2. The second-order valence-electron chi connectivity index (χ2n) is 4.56. The summed E-state index contributed by atoms with van der Waals surface area (Å²) in [6.07, 6.45) is 4.56. The number of rotatable bonds is 5. The third kappa shape index (κ3) is 4.22. The van der Waals surface area contributed by atoms with Crippen molar-refractivity contribution in [3.05, 3.63) is 29.2 Å². The largest absolute Gasteiger partial charge is 0.496 e. The minimum Gasteiger partial charge on any atom is -0.496 e. The summed E-state index contributed by atoms with van der Waals surface area (Å²) in [7, 11) is 1.54. The van der Waals surface area contributed by atoms with Gasteiger partial charge in [-0.2, -0.15) is 0 Å². The maximum atomic E-state index is 9.17. The number of allylic oxidation sites excluding steroid dienone is 1. The van der Waals surface area contributed by atoms with Crippen molar-refractivity contribution < 1.29 is 9.84 Å². The average molecular weight is 284 g/mol. The molecular weight excluding hydrogens is 266 g/mol. The Labute approximate surface area is 117 Å². The summed E-state index contributed by atoms with van der Waals surface area (Å²) in [5, 5.41) is 9.51. The molecule has 0 saturated heterocycles. The zero-order chi connectivity index (χ0) is 14.5. The first-order valence-corrected chi connectivity index (χ1v) is 6.09. The number of hydrogen-bond acceptors (Lipinski definition) is 5. The Morgan fingerprint density at radius 3 is 2.84 bits per heavy atom. The van der Waals surface area contributed by atoms with Gasteiger partial charge in [0.05, 0.1) is 19.3 Å². The van der Waals surface area contributed by atoms with Crippen LogP contribution in [0.4, 0.5) is 0 Å². The van der Waals surface area contributed by atoms with E-state index in [0.717, 1.165) is 0 Å². The average Bonchev–Trinajstić information content (AvgIpc) is 2.40. The van der Waals surface area contributed by atoms with Gasteiger partial charge < -0.3 is 15.6 Å². The first kappa shape index (κ1) is 15.5. The molecule has 0 saturated carbocycles. The number of hydrogen-bond donors (Lipinski definition) is 2. The molecule has 1 aromatic heterocycles. The molecule has 0 spiro atoms. The fraction of sp³-hybridized carbons (Fsp3) is 0.385. The van der Waals surface area contributed by atoms with E-state index in [2.05, 4.69) is 9.98 Å². The van der Waals surface area contributed by atoms with Gasteiger partial charge in [-0.15, -0.1) is 0 Å². The number of nitrogens with zero attached hydrogens (tertiary/aromatic N) is 2. The Morgan fingerprint density at radius 1 is 1.63 bits per heavy atom. The number of aromatic nitrogens is 1. The Kier molecular flexibility index (Phi) is 5.32. The van der Waals surface area contributed by atoms with Gasteiger partial charge in [-0.1, -0.05) is 11.6 Å². The number of aliphatic hydroxyl groups is 1. The summed E-state index contributed by atoms with van der Waals surface area (Å²) in [6, 6.07) is 1.60. The third-order valence-corrected chi connectivity index (χ3v) is 2.69. The second-order valence-corrected chi connectivity index (χ2v) is 4.95. The molecule has 0 aliphatic carbocycles. The van der Waals surface area contributed by atoms with Crippen LogP contribution in [0, 0.1) is 0 Å². The molecular formula is C13H18ClN3O2. The van der Waals surface area contributed by atoms with Crippen molar-refractivity contribution in [3.63, 3.8) is 0 Å². The van der Waals surface area contributed by atoms with Crippen LogP contribution >= 0.6 is 11.6 Å². The fourth-order valence-corrected chi connectivity index (χ4v) is 1.43. The van der Waals surface area contributed by atoms with E-state index in [1.54, 1.807) is 18.5 Å². The van der Waals surface area contributed by atoms with Crippen molar-refractivity contribution in [1.82, 2.24) is 4.98 Å². The molecule has 19 heavy (non-hydrogen) atoms. The van der Waals surface area contributed by atoms with Crippen molar-refractivity contribution in [3.8, 4) is 5.75 Å². The van der Waals surface area contributed by atoms with Gasteiger partial charge in [-0.3, -0.25) is 4.99 Å². The normalized spacial score (nSPS) is 13.0. The van der Waals surface area contributed by atoms with Crippen LogP contribution in [0.15, 0.2) is 23.5 Å². The van der Waals surface area contributed by atoms with Crippen molar-refractivity contribution in [1.29, 1.82) is 0 Å². The highest BCUT2D eigenvalue weighted by atomic mass is 35.5. The molecule has 0 aromatic carbocycles. The van der Waals surface area contributed by atoms with Gasteiger partial charge in [-0.05, 0) is 13.8 Å². The van der Waals surface area contributed by atoms with E-state index in [-0.39, 0.29) is 6.61 Å². The van der Waals surface area contributed by atoms with Gasteiger partial charge in [-0.25, -0.2) is 4.98 Å². The molecule has 3 N–H and O–H groups in total. The zero-order valence-corrected chi connectivity index (χ0v) is 12.0. The van der Waals surface area contributed by atoms with Crippen LogP contribution in [-0.4, -0.2) is 35.6 Å². The smallest absolute Gasteiger partial charge is 0.132 e. The van der Waals surface area contributed by atoms with Crippen molar-refractivity contribution in [2.24, 2.45) is 10.7 Å². The van der Waals surface area contributed by atoms with E-state index < -0.39 is 5.54 Å². The minimum absolute atomic E-state index is 0.0582. The quantitative estimate of drug-likeness (QED) is 0.639. The van der Waals surface area contributed by atoms with Gasteiger partial charge in [0, 0.05) is 35.8 Å². The molecule has 1 rings (SSSR count). The SMILES string of the molecule is COc1cc(Cl)ncc1/C(C=NC(C)(C)CO)=C/N. The van der Waals surface area contributed by atoms with Crippen molar-refractivity contribution >= 4 is 23.4 Å². The van der Waals surface area contributed by atoms with Crippen LogP contribution in [0.5, 0.6) is 5.75 Å². The Bertz CT molecular complexity index is 499. The lowest BCUT2D eigenvalue weighted by atomic mass is 10.1. The van der Waals surface area contributed by atoms with Gasteiger partial charge in [0.25, 0.3) is 0 Å². The van der Waals surface area contributed by atoms with Gasteiger partial charge >= 0.3 is 0 Å². The molecule has 0 aliphatic heterocycles. The molecule has 6 heteroatoms. The summed E-state index contributed by atoms with van der Waals surface area (Å²) in [4.78, 5) is 8.28. The molecule has 104 valence electrons. The van der Waals surface area contributed by atoms with Gasteiger partial charge in [0.15, 0.2) is 0 Å². The van der Waals surface area contributed by atoms with Crippen LogP contribution in [-0.2, 0) is 0 Å². The molecule has 0 amide bonds. The summed E-state index contributed by atoms with van der Waals surface area (Å²) >= 11 is 5.81. The van der Waals surface area contributed by atoms with Crippen molar-refractivity contribution in [2.75, 3.05) is 13.7 Å². The lowest BCUT2D eigenvalue weighted by Crippen LogP contribution is -2.22. The van der Waals surface area contributed by atoms with E-state index in [0.29, 0.717) is 22.0 Å². The van der Waals surface area contributed by atoms with Crippen molar-refractivity contribution in [2.45, 2.75) is 19.4 Å². The van der Waals surface area contributed by atoms with E-state index in [4.69, 9.17) is 27.2 Å². The predicted octanol–water partition coefficient (Wildman–Crippen LogP) is 1.88. The molecule has 0 bridgehead atoms. The van der Waals surface area contributed by atoms with E-state index in [1.807, 2.05) is 13.8 Å². The number of ether oxygens (including phenoxy) is 1. The van der Waals surface area contributed by atoms with Crippen LogP contribution < -0.4 is 10.5 Å². The number of aliphatic imine (C=N–C) groups is 1. The van der Waals surface area contributed by atoms with Crippen LogP contribution in [0.3, 0.4) is 0 Å². The third-order valence-electron chi connectivity index (χ3n) is 2.48. The van der Waals surface area contributed by atoms with E-state index >= 15 is 0 Å². The maximum Gasteiger partial charge on any atom is 0.132 e. The van der Waals surface area contributed by atoms with Crippen LogP contribution in [0.1, 0.15) is 19.4 Å². The molecule has 0 atom stereocenters. The first-order valence-electron chi connectivity index (χ1n) is 5.71. The number of pyridine rings is 1. The number of methoxy groups -OCH3 is 1. The lowest BCUT2D eigenvalue weighted by Gasteiger charge is -2.16. The van der Waals surface area contributed by atoms with E-state index in [1.165, 1.54) is 13.3 Å². The van der Waals surface area contributed by atoms with Crippen LogP contribution in [0.25, 0.3) is 5.57 Å². The number of nitrogens with two attached hydrogens (primary N) is 1. The number of halogens is 1. The molecule has 0 unspecified atom stereocenters. The standard InChI is InChI=1S/C13H18ClN3O2/c1-13(2,8-18)17-6-9(5-15)10-7-16-12(14)4-11(10)19-3/h4-7,18H,8,15H2,1-3H3/b9-5+,17-6?. The second kappa shape index (κ2) is 6.54. The Balaban J connectivity index is 3.12. The molecule has 0 aliphatic rings. The highest BCUT2D eigenvalue weighted by molar-refractivity contribution is 6.29. The van der Waals surface area contributed by atoms with Gasteiger partial charge in [0.2, 0.25) is 0 Å². The summed E-state index contributed by atoms with van der Waals surface area (Å²) < 4.78 is 5.24. The number of aliphatic hydroxyl groups excluding tert-OH is 1. The molecule has 5 nitrogen and oxygen atoms in total.